The Kier molecular flexibility index (Phi) is 2.62. The summed E-state index contributed by atoms with van der Waals surface area (Å²) in [5.41, 5.74) is 3.14. The first kappa shape index (κ1) is 10.0. The molecule has 1 amide bonds. The number of carbonyl (C=O) groups excluding carboxylic acids is 1. The quantitative estimate of drug-likeness (QED) is 0.738. The Morgan fingerprint density at radius 3 is 3.00 bits per heavy atom. The molecule has 2 N–H and O–H groups in total. The van der Waals surface area contributed by atoms with Gasteiger partial charge in [0.25, 0.3) is 0 Å². The molecule has 0 spiro atoms. The third-order valence-corrected chi connectivity index (χ3v) is 2.82. The average Bonchev–Trinajstić information content (AvgIpc) is 2.37. The van der Waals surface area contributed by atoms with Crippen molar-refractivity contribution in [2.24, 2.45) is 0 Å². The molecule has 1 aliphatic rings. The van der Waals surface area contributed by atoms with Crippen molar-refractivity contribution in [3.63, 3.8) is 0 Å². The highest BCUT2D eigenvalue weighted by molar-refractivity contribution is 5.96. The zero-order chi connectivity index (χ0) is 10.8. The molecule has 1 heterocycles. The summed E-state index contributed by atoms with van der Waals surface area (Å²) < 4.78 is 0. The van der Waals surface area contributed by atoms with Crippen molar-refractivity contribution < 1.29 is 4.79 Å². The number of fused-ring (bicyclic) bond motifs is 1. The number of hydrogen-bond acceptors (Lipinski definition) is 2. The normalized spacial score (nSPS) is 19.9. The van der Waals surface area contributed by atoms with Crippen LogP contribution in [0, 0.1) is 6.92 Å². The summed E-state index contributed by atoms with van der Waals surface area (Å²) in [5, 5.41) is 6.35. The van der Waals surface area contributed by atoms with Crippen LogP contribution in [0.25, 0.3) is 0 Å². The zero-order valence-corrected chi connectivity index (χ0v) is 9.13. The van der Waals surface area contributed by atoms with Crippen molar-refractivity contribution in [2.75, 3.05) is 10.6 Å². The van der Waals surface area contributed by atoms with Gasteiger partial charge in [0, 0.05) is 12.5 Å². The van der Waals surface area contributed by atoms with Gasteiger partial charge in [0.1, 0.15) is 0 Å². The molecule has 1 atom stereocenters. The van der Waals surface area contributed by atoms with Gasteiger partial charge in [-0.2, -0.15) is 0 Å². The Labute approximate surface area is 89.9 Å². The molecule has 0 aromatic heterocycles. The molecule has 1 unspecified atom stereocenters. The summed E-state index contributed by atoms with van der Waals surface area (Å²) in [6.07, 6.45) is 1.51. The van der Waals surface area contributed by atoms with E-state index in [1.54, 1.807) is 0 Å². The first-order valence-electron chi connectivity index (χ1n) is 5.36. The smallest absolute Gasteiger partial charge is 0.226 e. The van der Waals surface area contributed by atoms with E-state index < -0.39 is 0 Å². The van der Waals surface area contributed by atoms with Crippen molar-refractivity contribution in [2.45, 2.75) is 32.7 Å². The molecule has 1 aliphatic heterocycles. The van der Waals surface area contributed by atoms with E-state index in [-0.39, 0.29) is 11.9 Å². The van der Waals surface area contributed by atoms with Gasteiger partial charge in [0.05, 0.1) is 11.4 Å². The van der Waals surface area contributed by atoms with Gasteiger partial charge in [0.2, 0.25) is 5.91 Å². The van der Waals surface area contributed by atoms with Gasteiger partial charge in [-0.15, -0.1) is 0 Å². The maximum atomic E-state index is 11.6. The second kappa shape index (κ2) is 3.93. The largest absolute Gasteiger partial charge is 0.380 e. The second-order valence-electron chi connectivity index (χ2n) is 4.00. The molecule has 3 nitrogen and oxygen atoms in total. The number of anilines is 2. The van der Waals surface area contributed by atoms with Gasteiger partial charge < -0.3 is 10.6 Å². The number of hydrogen-bond donors (Lipinski definition) is 2. The molecule has 0 saturated heterocycles. The Balaban J connectivity index is 2.40. The summed E-state index contributed by atoms with van der Waals surface area (Å²) in [6, 6.07) is 6.19. The first-order chi connectivity index (χ1) is 7.20. The summed E-state index contributed by atoms with van der Waals surface area (Å²) in [6.45, 7) is 4.14. The molecular formula is C12H16N2O. The predicted molar refractivity (Wildman–Crippen MR) is 62.1 cm³/mol. The average molecular weight is 204 g/mol. The number of benzene rings is 1. The van der Waals surface area contributed by atoms with Gasteiger partial charge in [0.15, 0.2) is 0 Å². The Morgan fingerprint density at radius 1 is 1.47 bits per heavy atom. The fraction of sp³-hybridized carbons (Fsp3) is 0.417. The van der Waals surface area contributed by atoms with Gasteiger partial charge in [-0.3, -0.25) is 4.79 Å². The molecule has 2 rings (SSSR count). The number of nitrogens with one attached hydrogen (secondary N) is 2. The second-order valence-corrected chi connectivity index (χ2v) is 4.00. The molecule has 1 aromatic carbocycles. The fourth-order valence-corrected chi connectivity index (χ4v) is 1.89. The highest BCUT2D eigenvalue weighted by Gasteiger charge is 2.19. The number of carbonyl (C=O) groups is 1. The lowest BCUT2D eigenvalue weighted by Crippen LogP contribution is -2.21. The molecular weight excluding hydrogens is 188 g/mol. The number of rotatable bonds is 1. The summed E-state index contributed by atoms with van der Waals surface area (Å²) >= 11 is 0. The van der Waals surface area contributed by atoms with Crippen LogP contribution in [0.3, 0.4) is 0 Å². The van der Waals surface area contributed by atoms with Crippen molar-refractivity contribution in [1.82, 2.24) is 0 Å². The SMILES string of the molecule is CCC1CC(=O)Nc2cccc(C)c2N1. The molecule has 15 heavy (non-hydrogen) atoms. The Morgan fingerprint density at radius 2 is 2.27 bits per heavy atom. The van der Waals surface area contributed by atoms with Gasteiger partial charge in [-0.05, 0) is 25.0 Å². The monoisotopic (exact) mass is 204 g/mol. The van der Waals surface area contributed by atoms with E-state index in [2.05, 4.69) is 30.5 Å². The minimum absolute atomic E-state index is 0.0960. The standard InChI is InChI=1S/C12H16N2O/c1-3-9-7-11(15)14-10-6-4-5-8(2)12(10)13-9/h4-6,9,13H,3,7H2,1-2H3,(H,14,15). The van der Waals surface area contributed by atoms with E-state index in [0.29, 0.717) is 6.42 Å². The molecule has 1 aromatic rings. The minimum Gasteiger partial charge on any atom is -0.380 e. The number of para-hydroxylation sites is 1. The molecule has 0 aliphatic carbocycles. The molecule has 0 bridgehead atoms. The minimum atomic E-state index is 0.0960. The van der Waals surface area contributed by atoms with Crippen LogP contribution in [0.2, 0.25) is 0 Å². The van der Waals surface area contributed by atoms with Gasteiger partial charge >= 0.3 is 0 Å². The van der Waals surface area contributed by atoms with Crippen molar-refractivity contribution in [1.29, 1.82) is 0 Å². The summed E-state index contributed by atoms with van der Waals surface area (Å²) in [5.74, 6) is 0.0960. The topological polar surface area (TPSA) is 41.1 Å². The van der Waals surface area contributed by atoms with Crippen molar-refractivity contribution >= 4 is 17.3 Å². The zero-order valence-electron chi connectivity index (χ0n) is 9.13. The van der Waals surface area contributed by atoms with Gasteiger partial charge in [-0.25, -0.2) is 0 Å². The lowest BCUT2D eigenvalue weighted by molar-refractivity contribution is -0.116. The predicted octanol–water partition coefficient (Wildman–Crippen LogP) is 2.53. The van der Waals surface area contributed by atoms with Crippen LogP contribution in [0.1, 0.15) is 25.3 Å². The third-order valence-electron chi connectivity index (χ3n) is 2.82. The Bertz CT molecular complexity index is 387. The van der Waals surface area contributed by atoms with Crippen LogP contribution in [0.5, 0.6) is 0 Å². The maximum absolute atomic E-state index is 11.6. The van der Waals surface area contributed by atoms with E-state index in [1.807, 2.05) is 12.1 Å². The van der Waals surface area contributed by atoms with Crippen LogP contribution >= 0.6 is 0 Å². The van der Waals surface area contributed by atoms with E-state index in [1.165, 1.54) is 5.56 Å². The lowest BCUT2D eigenvalue weighted by atomic mass is 10.1. The van der Waals surface area contributed by atoms with Crippen LogP contribution in [0.15, 0.2) is 18.2 Å². The van der Waals surface area contributed by atoms with E-state index in [9.17, 15) is 4.79 Å². The lowest BCUT2D eigenvalue weighted by Gasteiger charge is -2.16. The molecule has 3 heteroatoms. The molecule has 0 radical (unpaired) electrons. The summed E-state index contributed by atoms with van der Waals surface area (Å²) in [4.78, 5) is 11.6. The van der Waals surface area contributed by atoms with Crippen molar-refractivity contribution in [3.8, 4) is 0 Å². The first-order valence-corrected chi connectivity index (χ1v) is 5.36. The molecule has 0 fully saturated rings. The fourth-order valence-electron chi connectivity index (χ4n) is 1.89. The van der Waals surface area contributed by atoms with E-state index in [0.717, 1.165) is 17.8 Å². The maximum Gasteiger partial charge on any atom is 0.226 e. The van der Waals surface area contributed by atoms with Crippen LogP contribution in [-0.4, -0.2) is 11.9 Å². The highest BCUT2D eigenvalue weighted by atomic mass is 16.1. The van der Waals surface area contributed by atoms with E-state index in [4.69, 9.17) is 0 Å². The molecule has 0 saturated carbocycles. The Hall–Kier alpha value is -1.51. The van der Waals surface area contributed by atoms with E-state index >= 15 is 0 Å². The van der Waals surface area contributed by atoms with Gasteiger partial charge in [-0.1, -0.05) is 19.1 Å². The highest BCUT2D eigenvalue weighted by Crippen LogP contribution is 2.29. The number of amides is 1. The van der Waals surface area contributed by atoms with Crippen LogP contribution < -0.4 is 10.6 Å². The van der Waals surface area contributed by atoms with Crippen molar-refractivity contribution in [3.05, 3.63) is 23.8 Å². The van der Waals surface area contributed by atoms with Crippen LogP contribution in [0.4, 0.5) is 11.4 Å². The molecule has 80 valence electrons. The van der Waals surface area contributed by atoms with Crippen LogP contribution in [-0.2, 0) is 4.79 Å². The third kappa shape index (κ3) is 1.96. The number of aryl methyl sites for hydroxylation is 1. The summed E-state index contributed by atoms with van der Waals surface area (Å²) in [7, 11) is 0.